The zero-order valence-corrected chi connectivity index (χ0v) is 21.9. The number of benzene rings is 2. The molecule has 1 amide bonds. The Morgan fingerprint density at radius 2 is 1.69 bits per heavy atom. The SMILES string of the molecule is COc1ccc(C2/C(=C(\O)c3cc(C(C)C)c(OC)cc3C)C(=O)C(=O)N2CCOC(C)C)cc1O. The summed E-state index contributed by atoms with van der Waals surface area (Å²) < 4.78 is 16.3. The van der Waals surface area contributed by atoms with Crippen LogP contribution in [0.3, 0.4) is 0 Å². The van der Waals surface area contributed by atoms with Crippen molar-refractivity contribution in [2.24, 2.45) is 0 Å². The molecule has 1 unspecified atom stereocenters. The van der Waals surface area contributed by atoms with E-state index in [-0.39, 0.29) is 48.0 Å². The van der Waals surface area contributed by atoms with Crippen molar-refractivity contribution in [2.45, 2.75) is 52.7 Å². The predicted octanol–water partition coefficient (Wildman–Crippen LogP) is 4.69. The number of ether oxygens (including phenoxy) is 3. The van der Waals surface area contributed by atoms with E-state index in [1.807, 2.05) is 40.7 Å². The number of hydrogen-bond acceptors (Lipinski definition) is 7. The number of likely N-dealkylation sites (tertiary alicyclic amines) is 1. The molecule has 0 aliphatic carbocycles. The molecule has 3 rings (SSSR count). The third-order valence-corrected chi connectivity index (χ3v) is 6.30. The molecular formula is C28H35NO7. The summed E-state index contributed by atoms with van der Waals surface area (Å²) in [5.41, 5.74) is 2.42. The van der Waals surface area contributed by atoms with E-state index in [4.69, 9.17) is 14.2 Å². The molecule has 1 atom stereocenters. The third-order valence-electron chi connectivity index (χ3n) is 6.30. The molecule has 0 radical (unpaired) electrons. The normalized spacial score (nSPS) is 17.4. The zero-order chi connectivity index (χ0) is 26.7. The Hall–Kier alpha value is -3.52. The number of phenolic OH excluding ortho intramolecular Hbond substituents is 1. The topological polar surface area (TPSA) is 106 Å². The van der Waals surface area contributed by atoms with E-state index in [2.05, 4.69) is 0 Å². The number of amides is 1. The van der Waals surface area contributed by atoms with Gasteiger partial charge in [0.2, 0.25) is 0 Å². The number of Topliss-reactive ketones (excluding diaryl/α,β-unsaturated/α-hetero) is 1. The molecule has 1 saturated heterocycles. The van der Waals surface area contributed by atoms with Crippen LogP contribution in [0, 0.1) is 6.92 Å². The van der Waals surface area contributed by atoms with Crippen molar-refractivity contribution in [3.63, 3.8) is 0 Å². The number of aliphatic hydroxyl groups excluding tert-OH is 1. The van der Waals surface area contributed by atoms with Crippen LogP contribution in [0.2, 0.25) is 0 Å². The number of phenols is 1. The maximum absolute atomic E-state index is 13.3. The Morgan fingerprint density at radius 3 is 2.25 bits per heavy atom. The molecule has 1 aliphatic rings. The number of aryl methyl sites for hydroxylation is 1. The maximum Gasteiger partial charge on any atom is 0.295 e. The van der Waals surface area contributed by atoms with Gasteiger partial charge in [0.05, 0.1) is 38.5 Å². The Kier molecular flexibility index (Phi) is 8.30. The van der Waals surface area contributed by atoms with Crippen LogP contribution >= 0.6 is 0 Å². The minimum atomic E-state index is -0.915. The molecule has 194 valence electrons. The fraction of sp³-hybridized carbons (Fsp3) is 0.429. The lowest BCUT2D eigenvalue weighted by Crippen LogP contribution is -2.33. The monoisotopic (exact) mass is 497 g/mol. The van der Waals surface area contributed by atoms with Crippen LogP contribution in [0.15, 0.2) is 35.9 Å². The molecule has 0 saturated carbocycles. The minimum absolute atomic E-state index is 0.0444. The van der Waals surface area contributed by atoms with Gasteiger partial charge in [0, 0.05) is 12.1 Å². The van der Waals surface area contributed by atoms with E-state index in [1.165, 1.54) is 18.1 Å². The Bertz CT molecular complexity index is 1180. The van der Waals surface area contributed by atoms with Gasteiger partial charge in [-0.05, 0) is 67.6 Å². The van der Waals surface area contributed by atoms with E-state index >= 15 is 0 Å². The van der Waals surface area contributed by atoms with Gasteiger partial charge >= 0.3 is 0 Å². The van der Waals surface area contributed by atoms with E-state index < -0.39 is 17.7 Å². The average molecular weight is 498 g/mol. The fourth-order valence-corrected chi connectivity index (χ4v) is 4.45. The van der Waals surface area contributed by atoms with Gasteiger partial charge in [0.1, 0.15) is 11.5 Å². The third kappa shape index (κ3) is 5.18. The summed E-state index contributed by atoms with van der Waals surface area (Å²) in [6.45, 7) is 9.92. The van der Waals surface area contributed by atoms with Gasteiger partial charge < -0.3 is 29.3 Å². The van der Waals surface area contributed by atoms with Crippen LogP contribution in [-0.2, 0) is 14.3 Å². The van der Waals surface area contributed by atoms with E-state index in [0.717, 1.165) is 5.56 Å². The summed E-state index contributed by atoms with van der Waals surface area (Å²) in [5, 5.41) is 21.9. The highest BCUT2D eigenvalue weighted by Crippen LogP contribution is 2.43. The Balaban J connectivity index is 2.22. The van der Waals surface area contributed by atoms with Gasteiger partial charge in [0.15, 0.2) is 11.5 Å². The van der Waals surface area contributed by atoms with Crippen LogP contribution in [0.1, 0.15) is 61.9 Å². The highest BCUT2D eigenvalue weighted by molar-refractivity contribution is 6.46. The molecule has 8 nitrogen and oxygen atoms in total. The first-order chi connectivity index (χ1) is 17.0. The number of methoxy groups -OCH3 is 2. The van der Waals surface area contributed by atoms with Crippen LogP contribution in [0.4, 0.5) is 0 Å². The lowest BCUT2D eigenvalue weighted by atomic mass is 9.91. The second kappa shape index (κ2) is 11.0. The largest absolute Gasteiger partial charge is 0.507 e. The van der Waals surface area contributed by atoms with Gasteiger partial charge in [-0.3, -0.25) is 9.59 Å². The lowest BCUT2D eigenvalue weighted by molar-refractivity contribution is -0.140. The Morgan fingerprint density at radius 1 is 1.03 bits per heavy atom. The number of rotatable bonds is 9. The number of aliphatic hydroxyl groups is 1. The van der Waals surface area contributed by atoms with Crippen molar-refractivity contribution in [3.05, 3.63) is 58.2 Å². The maximum atomic E-state index is 13.3. The summed E-state index contributed by atoms with van der Waals surface area (Å²) in [6, 6.07) is 7.36. The first kappa shape index (κ1) is 27.1. The molecule has 8 heteroatoms. The smallest absolute Gasteiger partial charge is 0.295 e. The van der Waals surface area contributed by atoms with Gasteiger partial charge in [-0.25, -0.2) is 0 Å². The summed E-state index contributed by atoms with van der Waals surface area (Å²) >= 11 is 0. The number of hydrogen-bond donors (Lipinski definition) is 2. The van der Waals surface area contributed by atoms with Crippen molar-refractivity contribution in [3.8, 4) is 17.2 Å². The van der Waals surface area contributed by atoms with Crippen LogP contribution in [0.5, 0.6) is 17.2 Å². The van der Waals surface area contributed by atoms with E-state index in [0.29, 0.717) is 22.4 Å². The minimum Gasteiger partial charge on any atom is -0.507 e. The average Bonchev–Trinajstić information content (AvgIpc) is 3.07. The van der Waals surface area contributed by atoms with E-state index in [9.17, 15) is 19.8 Å². The summed E-state index contributed by atoms with van der Waals surface area (Å²) in [4.78, 5) is 27.8. The number of carbonyl (C=O) groups is 2. The van der Waals surface area contributed by atoms with Crippen molar-refractivity contribution < 1.29 is 34.0 Å². The van der Waals surface area contributed by atoms with Gasteiger partial charge in [0.25, 0.3) is 11.7 Å². The second-order valence-corrected chi connectivity index (χ2v) is 9.41. The van der Waals surface area contributed by atoms with Crippen molar-refractivity contribution in [2.75, 3.05) is 27.4 Å². The first-order valence-corrected chi connectivity index (χ1v) is 12.0. The molecule has 1 heterocycles. The van der Waals surface area contributed by atoms with Crippen molar-refractivity contribution in [1.29, 1.82) is 0 Å². The number of carbonyl (C=O) groups excluding carboxylic acids is 2. The summed E-state index contributed by atoms with van der Waals surface area (Å²) in [6.07, 6.45) is -0.0540. The van der Waals surface area contributed by atoms with Gasteiger partial charge in [-0.1, -0.05) is 19.9 Å². The van der Waals surface area contributed by atoms with Crippen molar-refractivity contribution >= 4 is 17.4 Å². The molecule has 1 fully saturated rings. The van der Waals surface area contributed by atoms with Crippen LogP contribution in [0.25, 0.3) is 5.76 Å². The first-order valence-electron chi connectivity index (χ1n) is 12.0. The second-order valence-electron chi connectivity index (χ2n) is 9.41. The lowest BCUT2D eigenvalue weighted by Gasteiger charge is -2.26. The standard InChI is InChI=1S/C28H35NO7/c1-15(2)19-14-20(17(5)12-23(19)35-7)26(31)24-25(18-8-9-22(34-6)21(30)13-18)29(28(33)27(24)32)10-11-36-16(3)4/h8-9,12-16,25,30-31H,10-11H2,1-7H3/b26-24+. The number of ketones is 1. The quantitative estimate of drug-likeness (QED) is 0.294. The Labute approximate surface area is 212 Å². The summed E-state index contributed by atoms with van der Waals surface area (Å²) in [5.74, 6) is -0.909. The molecular weight excluding hydrogens is 462 g/mol. The van der Waals surface area contributed by atoms with Crippen LogP contribution < -0.4 is 9.47 Å². The molecule has 0 bridgehead atoms. The number of aromatic hydroxyl groups is 1. The molecule has 2 aromatic carbocycles. The molecule has 2 N–H and O–H groups in total. The highest BCUT2D eigenvalue weighted by atomic mass is 16.5. The molecule has 0 spiro atoms. The molecule has 1 aliphatic heterocycles. The molecule has 36 heavy (non-hydrogen) atoms. The molecule has 2 aromatic rings. The van der Waals surface area contributed by atoms with Gasteiger partial charge in [-0.2, -0.15) is 0 Å². The van der Waals surface area contributed by atoms with Crippen molar-refractivity contribution in [1.82, 2.24) is 4.90 Å². The highest BCUT2D eigenvalue weighted by Gasteiger charge is 2.46. The number of nitrogens with zero attached hydrogens (tertiary/aromatic N) is 1. The van der Waals surface area contributed by atoms with Crippen LogP contribution in [-0.4, -0.2) is 60.3 Å². The fourth-order valence-electron chi connectivity index (χ4n) is 4.45. The summed E-state index contributed by atoms with van der Waals surface area (Å²) in [7, 11) is 3.02. The molecule has 0 aromatic heterocycles. The van der Waals surface area contributed by atoms with Gasteiger partial charge in [-0.15, -0.1) is 0 Å². The van der Waals surface area contributed by atoms with E-state index in [1.54, 1.807) is 25.3 Å². The predicted molar refractivity (Wildman–Crippen MR) is 137 cm³/mol. The zero-order valence-electron chi connectivity index (χ0n) is 21.9.